The summed E-state index contributed by atoms with van der Waals surface area (Å²) in [6, 6.07) is 0. The number of rotatable bonds is 5. The average Bonchev–Trinajstić information content (AvgIpc) is 2.15. The lowest BCUT2D eigenvalue weighted by Gasteiger charge is -2.05. The second-order valence-corrected chi connectivity index (χ2v) is 4.33. The number of hydrogen-bond acceptors (Lipinski definition) is 4. The van der Waals surface area contributed by atoms with Crippen molar-refractivity contribution in [1.82, 2.24) is 9.97 Å². The summed E-state index contributed by atoms with van der Waals surface area (Å²) in [7, 11) is 0. The minimum Gasteiger partial charge on any atom is -0.369 e. The quantitative estimate of drug-likeness (QED) is 0.827. The first kappa shape index (κ1) is 10.8. The van der Waals surface area contributed by atoms with Crippen molar-refractivity contribution < 1.29 is 0 Å². The molecular weight excluding hydrogens is 250 g/mol. The van der Waals surface area contributed by atoms with Crippen molar-refractivity contribution in [3.8, 4) is 0 Å². The van der Waals surface area contributed by atoms with Gasteiger partial charge in [-0.05, 0) is 34.4 Å². The molecule has 0 aliphatic rings. The molecule has 0 aromatic carbocycles. The lowest BCUT2D eigenvalue weighted by molar-refractivity contribution is 0.973. The summed E-state index contributed by atoms with van der Waals surface area (Å²) in [6.07, 6.45) is 6.55. The Hall–Kier alpha value is -0.290. The van der Waals surface area contributed by atoms with Gasteiger partial charge in [0.25, 0.3) is 0 Å². The normalized spacial score (nSPS) is 10.0. The van der Waals surface area contributed by atoms with E-state index in [0.717, 1.165) is 23.3 Å². The number of halogens is 1. The van der Waals surface area contributed by atoms with Gasteiger partial charge < -0.3 is 5.32 Å². The van der Waals surface area contributed by atoms with Gasteiger partial charge in [0, 0.05) is 12.7 Å². The third-order valence-corrected chi connectivity index (χ3v) is 2.76. The summed E-state index contributed by atoms with van der Waals surface area (Å²) >= 11 is 5.23. The molecule has 1 aromatic heterocycles. The average molecular weight is 262 g/mol. The molecule has 1 N–H and O–H groups in total. The Morgan fingerprint density at radius 2 is 2.46 bits per heavy atom. The van der Waals surface area contributed by atoms with Crippen LogP contribution in [0.15, 0.2) is 17.0 Å². The molecule has 0 fully saturated rings. The molecule has 1 rings (SSSR count). The Balaban J connectivity index is 2.32. The monoisotopic (exact) mass is 261 g/mol. The molecule has 72 valence electrons. The number of nitrogens with zero attached hydrogens (tertiary/aromatic N) is 2. The first-order valence-corrected chi connectivity index (χ1v) is 6.21. The van der Waals surface area contributed by atoms with E-state index in [0.29, 0.717) is 0 Å². The predicted octanol–water partition coefficient (Wildman–Crippen LogP) is 2.40. The summed E-state index contributed by atoms with van der Waals surface area (Å²) in [6.45, 7) is 0.955. The maximum Gasteiger partial charge on any atom is 0.143 e. The van der Waals surface area contributed by atoms with Gasteiger partial charge in [0.2, 0.25) is 0 Å². The molecule has 3 nitrogen and oxygen atoms in total. The van der Waals surface area contributed by atoms with Crippen molar-refractivity contribution in [2.24, 2.45) is 0 Å². The second-order valence-electron chi connectivity index (χ2n) is 2.49. The maximum absolute atomic E-state index is 4.10. The lowest BCUT2D eigenvalue weighted by atomic mass is 10.4. The molecular formula is C8H12BrN3S. The van der Waals surface area contributed by atoms with E-state index < -0.39 is 0 Å². The van der Waals surface area contributed by atoms with Gasteiger partial charge in [-0.25, -0.2) is 9.97 Å². The molecule has 0 aliphatic heterocycles. The Kier molecular flexibility index (Phi) is 5.15. The Morgan fingerprint density at radius 3 is 3.15 bits per heavy atom. The van der Waals surface area contributed by atoms with E-state index >= 15 is 0 Å². The predicted molar refractivity (Wildman–Crippen MR) is 61.2 cm³/mol. The summed E-state index contributed by atoms with van der Waals surface area (Å²) in [4.78, 5) is 7.99. The first-order valence-electron chi connectivity index (χ1n) is 4.03. The standard InChI is InChI=1S/C8H12BrN3S/c1-13-4-2-3-11-8-7(9)5-10-6-12-8/h5-6H,2-4H2,1H3,(H,10,11,12). The van der Waals surface area contributed by atoms with E-state index in [1.165, 1.54) is 5.75 Å². The molecule has 0 atom stereocenters. The minimum atomic E-state index is 0.871. The minimum absolute atomic E-state index is 0.871. The first-order chi connectivity index (χ1) is 6.34. The van der Waals surface area contributed by atoms with Crippen molar-refractivity contribution in [3.63, 3.8) is 0 Å². The van der Waals surface area contributed by atoms with Crippen molar-refractivity contribution in [3.05, 3.63) is 17.0 Å². The molecule has 0 radical (unpaired) electrons. The van der Waals surface area contributed by atoms with Gasteiger partial charge in [-0.15, -0.1) is 0 Å². The van der Waals surface area contributed by atoms with Crippen molar-refractivity contribution in [1.29, 1.82) is 0 Å². The van der Waals surface area contributed by atoms with Crippen molar-refractivity contribution in [2.75, 3.05) is 23.9 Å². The summed E-state index contributed by atoms with van der Waals surface area (Å²) < 4.78 is 0.916. The van der Waals surface area contributed by atoms with E-state index in [1.807, 2.05) is 11.8 Å². The van der Waals surface area contributed by atoms with Crippen LogP contribution in [0.1, 0.15) is 6.42 Å². The van der Waals surface area contributed by atoms with Crippen molar-refractivity contribution in [2.45, 2.75) is 6.42 Å². The van der Waals surface area contributed by atoms with Crippen LogP contribution in [-0.4, -0.2) is 28.5 Å². The lowest BCUT2D eigenvalue weighted by Crippen LogP contribution is -2.04. The van der Waals surface area contributed by atoms with Crippen LogP contribution in [0.2, 0.25) is 0 Å². The Bertz CT molecular complexity index is 257. The molecule has 0 aliphatic carbocycles. The molecule has 0 saturated heterocycles. The van der Waals surface area contributed by atoms with Crippen LogP contribution in [0.5, 0.6) is 0 Å². The highest BCUT2D eigenvalue weighted by atomic mass is 79.9. The second kappa shape index (κ2) is 6.21. The van der Waals surface area contributed by atoms with E-state index in [4.69, 9.17) is 0 Å². The van der Waals surface area contributed by atoms with Gasteiger partial charge in [0.05, 0.1) is 4.47 Å². The van der Waals surface area contributed by atoms with Crippen LogP contribution in [0.3, 0.4) is 0 Å². The highest BCUT2D eigenvalue weighted by Crippen LogP contribution is 2.16. The van der Waals surface area contributed by atoms with Crippen LogP contribution in [0.4, 0.5) is 5.82 Å². The molecule has 13 heavy (non-hydrogen) atoms. The zero-order chi connectivity index (χ0) is 9.52. The van der Waals surface area contributed by atoms with Crippen LogP contribution in [0.25, 0.3) is 0 Å². The van der Waals surface area contributed by atoms with Gasteiger partial charge in [-0.1, -0.05) is 0 Å². The smallest absolute Gasteiger partial charge is 0.143 e. The van der Waals surface area contributed by atoms with Crippen LogP contribution >= 0.6 is 27.7 Å². The SMILES string of the molecule is CSCCCNc1ncncc1Br. The molecule has 1 heterocycles. The van der Waals surface area contributed by atoms with E-state index in [9.17, 15) is 0 Å². The van der Waals surface area contributed by atoms with E-state index in [2.05, 4.69) is 37.5 Å². The van der Waals surface area contributed by atoms with E-state index in [-0.39, 0.29) is 0 Å². The Morgan fingerprint density at radius 1 is 1.62 bits per heavy atom. The van der Waals surface area contributed by atoms with Gasteiger partial charge in [0.15, 0.2) is 0 Å². The maximum atomic E-state index is 4.10. The van der Waals surface area contributed by atoms with E-state index in [1.54, 1.807) is 12.5 Å². The fraction of sp³-hybridized carbons (Fsp3) is 0.500. The molecule has 0 amide bonds. The highest BCUT2D eigenvalue weighted by molar-refractivity contribution is 9.10. The third-order valence-electron chi connectivity index (χ3n) is 1.49. The summed E-state index contributed by atoms with van der Waals surface area (Å²) in [5, 5.41) is 3.24. The molecule has 1 aromatic rings. The van der Waals surface area contributed by atoms with Crippen LogP contribution < -0.4 is 5.32 Å². The van der Waals surface area contributed by atoms with Gasteiger partial charge in [0.1, 0.15) is 12.1 Å². The fourth-order valence-electron chi connectivity index (χ4n) is 0.866. The number of hydrogen-bond donors (Lipinski definition) is 1. The van der Waals surface area contributed by atoms with Crippen molar-refractivity contribution >= 4 is 33.5 Å². The third kappa shape index (κ3) is 3.95. The number of anilines is 1. The van der Waals surface area contributed by atoms with Gasteiger partial charge in [-0.2, -0.15) is 11.8 Å². The summed E-state index contributed by atoms with van der Waals surface area (Å²) in [5.74, 6) is 2.05. The molecule has 0 unspecified atom stereocenters. The molecule has 0 saturated carbocycles. The van der Waals surface area contributed by atoms with Crippen LogP contribution in [-0.2, 0) is 0 Å². The van der Waals surface area contributed by atoms with Gasteiger partial charge >= 0.3 is 0 Å². The number of thioether (sulfide) groups is 1. The summed E-state index contributed by atoms with van der Waals surface area (Å²) in [5.41, 5.74) is 0. The molecule has 5 heteroatoms. The molecule has 0 spiro atoms. The number of nitrogens with one attached hydrogen (secondary N) is 1. The highest BCUT2D eigenvalue weighted by Gasteiger charge is 1.97. The van der Waals surface area contributed by atoms with Crippen LogP contribution in [0, 0.1) is 0 Å². The fourth-order valence-corrected chi connectivity index (χ4v) is 1.66. The zero-order valence-electron chi connectivity index (χ0n) is 7.46. The Labute approximate surface area is 90.9 Å². The largest absolute Gasteiger partial charge is 0.369 e. The number of aromatic nitrogens is 2. The zero-order valence-corrected chi connectivity index (χ0v) is 9.86. The molecule has 0 bridgehead atoms. The van der Waals surface area contributed by atoms with Gasteiger partial charge in [-0.3, -0.25) is 0 Å². The topological polar surface area (TPSA) is 37.8 Å².